The third-order valence-corrected chi connectivity index (χ3v) is 5.39. The SMILES string of the molecule is COc1ccc([C@@H]2C(=C(O)c3ccc(F)cc3)C(=O)C(=O)N2c2nccs2)cc1. The number of ether oxygens (including phenoxy) is 1. The zero-order valence-corrected chi connectivity index (χ0v) is 16.0. The summed E-state index contributed by atoms with van der Waals surface area (Å²) in [5, 5.41) is 12.9. The molecule has 2 aromatic carbocycles. The minimum atomic E-state index is -0.878. The Morgan fingerprint density at radius 1 is 1.14 bits per heavy atom. The number of ketones is 1. The number of aromatic nitrogens is 1. The molecule has 146 valence electrons. The number of carbonyl (C=O) groups excluding carboxylic acids is 2. The molecule has 0 unspecified atom stereocenters. The number of amides is 1. The van der Waals surface area contributed by atoms with Crippen molar-refractivity contribution in [1.82, 2.24) is 4.98 Å². The average molecular weight is 410 g/mol. The minimum Gasteiger partial charge on any atom is -0.507 e. The van der Waals surface area contributed by atoms with Crippen LogP contribution in [-0.2, 0) is 9.59 Å². The number of benzene rings is 2. The molecule has 0 spiro atoms. The molecule has 1 aliphatic rings. The number of aliphatic hydroxyl groups excluding tert-OH is 1. The lowest BCUT2D eigenvalue weighted by molar-refractivity contribution is -0.132. The Balaban J connectivity index is 1.91. The van der Waals surface area contributed by atoms with Crippen LogP contribution >= 0.6 is 11.3 Å². The van der Waals surface area contributed by atoms with Crippen molar-refractivity contribution in [1.29, 1.82) is 0 Å². The van der Waals surface area contributed by atoms with Gasteiger partial charge < -0.3 is 9.84 Å². The Labute approximate surface area is 169 Å². The maximum Gasteiger partial charge on any atom is 0.301 e. The van der Waals surface area contributed by atoms with Gasteiger partial charge in [-0.1, -0.05) is 12.1 Å². The molecule has 0 bridgehead atoms. The van der Waals surface area contributed by atoms with Crippen LogP contribution in [0, 0.1) is 5.82 Å². The molecule has 2 heterocycles. The van der Waals surface area contributed by atoms with Crippen molar-refractivity contribution in [3.05, 3.63) is 82.6 Å². The fourth-order valence-corrected chi connectivity index (χ4v) is 3.90. The van der Waals surface area contributed by atoms with Crippen LogP contribution in [0.25, 0.3) is 5.76 Å². The van der Waals surface area contributed by atoms with Gasteiger partial charge in [0, 0.05) is 17.1 Å². The Kier molecular flexibility index (Phi) is 4.85. The van der Waals surface area contributed by atoms with Gasteiger partial charge in [0.1, 0.15) is 17.3 Å². The van der Waals surface area contributed by atoms with Crippen LogP contribution in [0.15, 0.2) is 65.7 Å². The second kappa shape index (κ2) is 7.48. The third kappa shape index (κ3) is 3.27. The first-order chi connectivity index (χ1) is 14.0. The number of carbonyl (C=O) groups is 2. The Morgan fingerprint density at radius 2 is 1.83 bits per heavy atom. The van der Waals surface area contributed by atoms with Gasteiger partial charge >= 0.3 is 5.91 Å². The van der Waals surface area contributed by atoms with Crippen LogP contribution in [0.2, 0.25) is 0 Å². The summed E-state index contributed by atoms with van der Waals surface area (Å²) < 4.78 is 18.5. The van der Waals surface area contributed by atoms with Gasteiger partial charge in [0.2, 0.25) is 0 Å². The molecule has 1 N–H and O–H groups in total. The van der Waals surface area contributed by atoms with Crippen LogP contribution in [0.4, 0.5) is 9.52 Å². The predicted octanol–water partition coefficient (Wildman–Crippen LogP) is 3.92. The predicted molar refractivity (Wildman–Crippen MR) is 106 cm³/mol. The minimum absolute atomic E-state index is 0.0815. The van der Waals surface area contributed by atoms with Crippen LogP contribution < -0.4 is 9.64 Å². The first-order valence-electron chi connectivity index (χ1n) is 8.61. The van der Waals surface area contributed by atoms with Gasteiger partial charge in [-0.15, -0.1) is 11.3 Å². The average Bonchev–Trinajstić information content (AvgIpc) is 3.35. The van der Waals surface area contributed by atoms with Gasteiger partial charge in [-0.3, -0.25) is 14.5 Å². The molecule has 0 aliphatic carbocycles. The lowest BCUT2D eigenvalue weighted by Gasteiger charge is -2.23. The molecule has 3 aromatic rings. The van der Waals surface area contributed by atoms with E-state index in [2.05, 4.69) is 4.98 Å². The molecular weight excluding hydrogens is 395 g/mol. The number of anilines is 1. The Bertz CT molecular complexity index is 1090. The molecule has 1 amide bonds. The van der Waals surface area contributed by atoms with Gasteiger partial charge in [-0.25, -0.2) is 9.37 Å². The summed E-state index contributed by atoms with van der Waals surface area (Å²) in [5.41, 5.74) is 0.757. The van der Waals surface area contributed by atoms with E-state index in [-0.39, 0.29) is 16.9 Å². The zero-order chi connectivity index (χ0) is 20.5. The highest BCUT2D eigenvalue weighted by atomic mass is 32.1. The van der Waals surface area contributed by atoms with Crippen molar-refractivity contribution >= 4 is 33.9 Å². The van der Waals surface area contributed by atoms with Gasteiger partial charge in [0.05, 0.1) is 18.7 Å². The van der Waals surface area contributed by atoms with Gasteiger partial charge in [-0.2, -0.15) is 0 Å². The van der Waals surface area contributed by atoms with E-state index in [0.717, 1.165) is 0 Å². The molecule has 8 heteroatoms. The van der Waals surface area contributed by atoms with Crippen LogP contribution in [0.3, 0.4) is 0 Å². The van der Waals surface area contributed by atoms with Crippen molar-refractivity contribution in [2.24, 2.45) is 0 Å². The highest BCUT2D eigenvalue weighted by Crippen LogP contribution is 2.42. The van der Waals surface area contributed by atoms with Gasteiger partial charge in [-0.05, 0) is 42.0 Å². The normalized spacial score (nSPS) is 18.3. The zero-order valence-electron chi connectivity index (χ0n) is 15.2. The highest BCUT2D eigenvalue weighted by molar-refractivity contribution is 7.14. The number of halogens is 1. The number of aliphatic hydroxyl groups is 1. The van der Waals surface area contributed by atoms with Crippen LogP contribution in [0.1, 0.15) is 17.2 Å². The van der Waals surface area contributed by atoms with E-state index < -0.39 is 23.5 Å². The monoisotopic (exact) mass is 410 g/mol. The molecule has 29 heavy (non-hydrogen) atoms. The largest absolute Gasteiger partial charge is 0.507 e. The second-order valence-electron chi connectivity index (χ2n) is 6.26. The van der Waals surface area contributed by atoms with Crippen LogP contribution in [-0.4, -0.2) is 28.9 Å². The molecule has 1 aromatic heterocycles. The first-order valence-corrected chi connectivity index (χ1v) is 9.49. The Hall–Kier alpha value is -3.52. The quantitative estimate of drug-likeness (QED) is 0.401. The maximum atomic E-state index is 13.3. The highest BCUT2D eigenvalue weighted by Gasteiger charge is 2.47. The summed E-state index contributed by atoms with van der Waals surface area (Å²) >= 11 is 1.21. The number of rotatable bonds is 4. The molecule has 1 aliphatic heterocycles. The third-order valence-electron chi connectivity index (χ3n) is 4.62. The van der Waals surface area contributed by atoms with E-state index in [1.165, 1.54) is 53.8 Å². The number of thiazole rings is 1. The summed E-state index contributed by atoms with van der Waals surface area (Å²) in [5.74, 6) is -1.86. The number of methoxy groups -OCH3 is 1. The van der Waals surface area contributed by atoms with E-state index in [4.69, 9.17) is 4.74 Å². The van der Waals surface area contributed by atoms with Crippen molar-refractivity contribution < 1.29 is 23.8 Å². The van der Waals surface area contributed by atoms with E-state index in [0.29, 0.717) is 16.4 Å². The molecule has 0 saturated carbocycles. The molecule has 0 radical (unpaired) electrons. The number of hydrogen-bond donors (Lipinski definition) is 1. The molecule has 1 saturated heterocycles. The fourth-order valence-electron chi connectivity index (χ4n) is 3.23. The Morgan fingerprint density at radius 3 is 2.41 bits per heavy atom. The van der Waals surface area contributed by atoms with Crippen molar-refractivity contribution in [3.8, 4) is 5.75 Å². The lowest BCUT2D eigenvalue weighted by Crippen LogP contribution is -2.29. The second-order valence-corrected chi connectivity index (χ2v) is 7.14. The number of nitrogens with zero attached hydrogens (tertiary/aromatic N) is 2. The molecule has 1 atom stereocenters. The summed E-state index contributed by atoms with van der Waals surface area (Å²) in [6.07, 6.45) is 1.53. The van der Waals surface area contributed by atoms with Gasteiger partial charge in [0.15, 0.2) is 5.13 Å². The molecule has 4 rings (SSSR count). The molecule has 6 nitrogen and oxygen atoms in total. The van der Waals surface area contributed by atoms with Gasteiger partial charge in [0.25, 0.3) is 5.78 Å². The van der Waals surface area contributed by atoms with E-state index in [9.17, 15) is 19.1 Å². The standard InChI is InChI=1S/C21H15FN2O4S/c1-28-15-8-4-12(5-9-15)17-16(18(25)13-2-6-14(22)7-3-13)19(26)20(27)24(17)21-23-10-11-29-21/h2-11,17,25H,1H3/t17-/m1/s1. The molecule has 1 fully saturated rings. The van der Waals surface area contributed by atoms with E-state index in [1.54, 1.807) is 29.6 Å². The van der Waals surface area contributed by atoms with E-state index >= 15 is 0 Å². The summed E-state index contributed by atoms with van der Waals surface area (Å²) in [6, 6.07) is 11.0. The van der Waals surface area contributed by atoms with Crippen molar-refractivity contribution in [3.63, 3.8) is 0 Å². The molecular formula is C21H15FN2O4S. The van der Waals surface area contributed by atoms with Crippen molar-refractivity contribution in [2.45, 2.75) is 6.04 Å². The first kappa shape index (κ1) is 18.8. The summed E-state index contributed by atoms with van der Waals surface area (Å²) in [7, 11) is 1.53. The number of Topliss-reactive ketones (excluding diaryl/α,β-unsaturated/α-hetero) is 1. The lowest BCUT2D eigenvalue weighted by atomic mass is 9.95. The van der Waals surface area contributed by atoms with E-state index in [1.807, 2.05) is 0 Å². The summed E-state index contributed by atoms with van der Waals surface area (Å²) in [6.45, 7) is 0. The smallest absolute Gasteiger partial charge is 0.301 e. The van der Waals surface area contributed by atoms with Crippen molar-refractivity contribution in [2.75, 3.05) is 12.0 Å². The fraction of sp³-hybridized carbons (Fsp3) is 0.0952. The summed E-state index contributed by atoms with van der Waals surface area (Å²) in [4.78, 5) is 31.1. The van der Waals surface area contributed by atoms with Crippen LogP contribution in [0.5, 0.6) is 5.75 Å². The maximum absolute atomic E-state index is 13.3. The topological polar surface area (TPSA) is 79.7 Å². The number of hydrogen-bond acceptors (Lipinski definition) is 6.